The van der Waals surface area contributed by atoms with Gasteiger partial charge in [0.05, 0.1) is 6.04 Å². The van der Waals surface area contributed by atoms with Crippen LogP contribution in [0.3, 0.4) is 0 Å². The van der Waals surface area contributed by atoms with Crippen molar-refractivity contribution in [1.29, 1.82) is 0 Å². The molecular weight excluding hydrogens is 208 g/mol. The van der Waals surface area contributed by atoms with Crippen molar-refractivity contribution in [3.05, 3.63) is 34.5 Å². The lowest BCUT2D eigenvalue weighted by molar-refractivity contribution is 0.529. The van der Waals surface area contributed by atoms with Gasteiger partial charge in [-0.25, -0.2) is 0 Å². The number of thiophene rings is 1. The second-order valence-corrected chi connectivity index (χ2v) is 4.31. The summed E-state index contributed by atoms with van der Waals surface area (Å²) >= 11 is 1.72. The van der Waals surface area contributed by atoms with Gasteiger partial charge in [0, 0.05) is 13.6 Å². The Bertz CT molecular complexity index is 407. The molecule has 0 aliphatic carbocycles. The summed E-state index contributed by atoms with van der Waals surface area (Å²) in [4.78, 5) is 0. The smallest absolute Gasteiger partial charge is 0.149 e. The number of aromatic nitrogens is 3. The molecule has 0 bridgehead atoms. The van der Waals surface area contributed by atoms with Crippen molar-refractivity contribution in [2.75, 3.05) is 0 Å². The summed E-state index contributed by atoms with van der Waals surface area (Å²) in [5, 5.41) is 15.6. The molecule has 0 radical (unpaired) electrons. The first-order chi connectivity index (χ1) is 7.27. The first-order valence-electron chi connectivity index (χ1n) is 4.85. The zero-order valence-corrected chi connectivity index (χ0v) is 9.66. The second kappa shape index (κ2) is 4.55. The summed E-state index contributed by atoms with van der Waals surface area (Å²) in [5.41, 5.74) is 1.31. The fraction of sp³-hybridized carbons (Fsp3) is 0.400. The summed E-state index contributed by atoms with van der Waals surface area (Å²) in [7, 11) is 1.96. The van der Waals surface area contributed by atoms with Crippen LogP contribution >= 0.6 is 11.3 Å². The molecule has 0 aliphatic rings. The minimum Gasteiger partial charge on any atom is -0.319 e. The minimum atomic E-state index is 0.220. The van der Waals surface area contributed by atoms with Crippen LogP contribution in [0.15, 0.2) is 23.2 Å². The third kappa shape index (κ3) is 2.43. The highest BCUT2D eigenvalue weighted by molar-refractivity contribution is 7.07. The van der Waals surface area contributed by atoms with E-state index in [9.17, 15) is 0 Å². The van der Waals surface area contributed by atoms with E-state index < -0.39 is 0 Å². The van der Waals surface area contributed by atoms with Gasteiger partial charge in [-0.15, -0.1) is 10.2 Å². The van der Waals surface area contributed by atoms with Crippen molar-refractivity contribution in [3.63, 3.8) is 0 Å². The first kappa shape index (κ1) is 10.3. The van der Waals surface area contributed by atoms with E-state index >= 15 is 0 Å². The number of nitrogens with zero attached hydrogens (tertiary/aromatic N) is 3. The van der Waals surface area contributed by atoms with Gasteiger partial charge in [0.25, 0.3) is 0 Å². The van der Waals surface area contributed by atoms with Gasteiger partial charge in [0.15, 0.2) is 0 Å². The van der Waals surface area contributed by atoms with E-state index in [2.05, 4.69) is 39.3 Å². The maximum atomic E-state index is 4.07. The number of aryl methyl sites for hydroxylation is 1. The van der Waals surface area contributed by atoms with Crippen molar-refractivity contribution in [2.24, 2.45) is 7.05 Å². The standard InChI is InChI=1S/C10H14N4S/c1-8(10-13-12-7-14(10)2)11-5-9-3-4-15-6-9/h3-4,6-8,11H,5H2,1-2H3. The van der Waals surface area contributed by atoms with Crippen molar-refractivity contribution >= 4 is 11.3 Å². The van der Waals surface area contributed by atoms with Gasteiger partial charge in [-0.05, 0) is 29.3 Å². The molecular formula is C10H14N4S. The van der Waals surface area contributed by atoms with E-state index in [4.69, 9.17) is 0 Å². The Balaban J connectivity index is 1.93. The molecule has 0 saturated heterocycles. The lowest BCUT2D eigenvalue weighted by Crippen LogP contribution is -2.20. The largest absolute Gasteiger partial charge is 0.319 e. The van der Waals surface area contributed by atoms with Crippen LogP contribution in [-0.4, -0.2) is 14.8 Å². The van der Waals surface area contributed by atoms with Gasteiger partial charge < -0.3 is 9.88 Å². The Kier molecular flexibility index (Phi) is 3.13. The topological polar surface area (TPSA) is 42.7 Å². The minimum absolute atomic E-state index is 0.220. The Hall–Kier alpha value is -1.20. The first-order valence-corrected chi connectivity index (χ1v) is 5.80. The molecule has 1 atom stereocenters. The Morgan fingerprint density at radius 1 is 1.60 bits per heavy atom. The third-order valence-electron chi connectivity index (χ3n) is 2.33. The summed E-state index contributed by atoms with van der Waals surface area (Å²) in [5.74, 6) is 0.963. The zero-order chi connectivity index (χ0) is 10.7. The van der Waals surface area contributed by atoms with E-state index in [0.717, 1.165) is 12.4 Å². The van der Waals surface area contributed by atoms with Crippen molar-refractivity contribution < 1.29 is 0 Å². The summed E-state index contributed by atoms with van der Waals surface area (Å²) in [6.07, 6.45) is 1.72. The monoisotopic (exact) mass is 222 g/mol. The normalized spacial score (nSPS) is 12.9. The fourth-order valence-corrected chi connectivity index (χ4v) is 2.11. The predicted octanol–water partition coefficient (Wildman–Crippen LogP) is 1.73. The average Bonchev–Trinajstić information content (AvgIpc) is 2.84. The summed E-state index contributed by atoms with van der Waals surface area (Å²) < 4.78 is 1.94. The van der Waals surface area contributed by atoms with Gasteiger partial charge in [0.2, 0.25) is 0 Å². The van der Waals surface area contributed by atoms with Gasteiger partial charge in [-0.1, -0.05) is 0 Å². The van der Waals surface area contributed by atoms with E-state index in [-0.39, 0.29) is 6.04 Å². The predicted molar refractivity (Wildman–Crippen MR) is 60.6 cm³/mol. The Morgan fingerprint density at radius 3 is 3.07 bits per heavy atom. The van der Waals surface area contributed by atoms with E-state index in [1.165, 1.54) is 5.56 Å². The number of rotatable bonds is 4. The van der Waals surface area contributed by atoms with Crippen LogP contribution in [0.2, 0.25) is 0 Å². The molecule has 1 N–H and O–H groups in total. The highest BCUT2D eigenvalue weighted by Crippen LogP contribution is 2.10. The highest BCUT2D eigenvalue weighted by atomic mass is 32.1. The van der Waals surface area contributed by atoms with Crippen LogP contribution in [0, 0.1) is 0 Å². The van der Waals surface area contributed by atoms with Crippen molar-refractivity contribution in [1.82, 2.24) is 20.1 Å². The molecule has 2 aromatic heterocycles. The zero-order valence-electron chi connectivity index (χ0n) is 8.84. The van der Waals surface area contributed by atoms with Gasteiger partial charge in [0.1, 0.15) is 12.2 Å². The fourth-order valence-electron chi connectivity index (χ4n) is 1.44. The molecule has 0 aromatic carbocycles. The van der Waals surface area contributed by atoms with Crippen LogP contribution < -0.4 is 5.32 Å². The molecule has 0 fully saturated rings. The lowest BCUT2D eigenvalue weighted by Gasteiger charge is -2.11. The maximum absolute atomic E-state index is 4.07. The van der Waals surface area contributed by atoms with Crippen LogP contribution in [0.4, 0.5) is 0 Å². The number of nitrogens with one attached hydrogen (secondary N) is 1. The number of hydrogen-bond acceptors (Lipinski definition) is 4. The van der Waals surface area contributed by atoms with Crippen LogP contribution in [0.5, 0.6) is 0 Å². The number of hydrogen-bond donors (Lipinski definition) is 1. The molecule has 2 rings (SSSR count). The average molecular weight is 222 g/mol. The highest BCUT2D eigenvalue weighted by Gasteiger charge is 2.10. The van der Waals surface area contributed by atoms with Crippen LogP contribution in [-0.2, 0) is 13.6 Å². The molecule has 0 saturated carbocycles. The van der Waals surface area contributed by atoms with Gasteiger partial charge >= 0.3 is 0 Å². The quantitative estimate of drug-likeness (QED) is 0.856. The molecule has 2 heterocycles. The molecule has 4 nitrogen and oxygen atoms in total. The molecule has 2 aromatic rings. The van der Waals surface area contributed by atoms with E-state index in [1.807, 2.05) is 11.6 Å². The Morgan fingerprint density at radius 2 is 2.47 bits per heavy atom. The van der Waals surface area contributed by atoms with E-state index in [0.29, 0.717) is 0 Å². The second-order valence-electron chi connectivity index (χ2n) is 3.53. The summed E-state index contributed by atoms with van der Waals surface area (Å²) in [6, 6.07) is 2.35. The van der Waals surface area contributed by atoms with Crippen molar-refractivity contribution in [2.45, 2.75) is 19.5 Å². The molecule has 80 valence electrons. The van der Waals surface area contributed by atoms with Crippen LogP contribution in [0.25, 0.3) is 0 Å². The molecule has 0 spiro atoms. The molecule has 15 heavy (non-hydrogen) atoms. The van der Waals surface area contributed by atoms with Crippen LogP contribution in [0.1, 0.15) is 24.4 Å². The lowest BCUT2D eigenvalue weighted by atomic mass is 10.3. The molecule has 5 heteroatoms. The third-order valence-corrected chi connectivity index (χ3v) is 3.06. The van der Waals surface area contributed by atoms with E-state index in [1.54, 1.807) is 17.7 Å². The molecule has 0 amide bonds. The SMILES string of the molecule is CC(NCc1ccsc1)c1nncn1C. The molecule has 1 unspecified atom stereocenters. The van der Waals surface area contributed by atoms with Gasteiger partial charge in [-0.2, -0.15) is 11.3 Å². The maximum Gasteiger partial charge on any atom is 0.149 e. The van der Waals surface area contributed by atoms with Gasteiger partial charge in [-0.3, -0.25) is 0 Å². The molecule has 0 aliphatic heterocycles. The summed E-state index contributed by atoms with van der Waals surface area (Å²) in [6.45, 7) is 2.97. The Labute approximate surface area is 93.0 Å². The van der Waals surface area contributed by atoms with Crippen molar-refractivity contribution in [3.8, 4) is 0 Å².